The molecular formula is C11H12Br2N2O4S. The van der Waals surface area contributed by atoms with Gasteiger partial charge in [0.15, 0.2) is 0 Å². The first-order valence-electron chi connectivity index (χ1n) is 5.59. The van der Waals surface area contributed by atoms with Crippen LogP contribution in [-0.2, 0) is 14.8 Å². The molecule has 2 rings (SSSR count). The largest absolute Gasteiger partial charge is 0.494 e. The summed E-state index contributed by atoms with van der Waals surface area (Å²) < 4.78 is 29.5. The first-order valence-corrected chi connectivity index (χ1v) is 8.78. The molecule has 2 N–H and O–H groups in total. The summed E-state index contributed by atoms with van der Waals surface area (Å²) in [7, 11) is -2.26. The number of carbonyl (C=O) groups is 1. The highest BCUT2D eigenvalue weighted by Gasteiger charge is 2.39. The number of anilines is 1. The van der Waals surface area contributed by atoms with E-state index in [0.29, 0.717) is 15.9 Å². The van der Waals surface area contributed by atoms with Gasteiger partial charge in [-0.25, -0.2) is 13.6 Å². The Hall–Kier alpha value is -0.640. The zero-order chi connectivity index (χ0) is 15.1. The quantitative estimate of drug-likeness (QED) is 0.793. The number of sulfonamides is 1. The van der Waals surface area contributed by atoms with E-state index >= 15 is 0 Å². The molecule has 1 aliphatic heterocycles. The van der Waals surface area contributed by atoms with E-state index in [1.807, 2.05) is 0 Å². The number of nitrogens with two attached hydrogens (primary N) is 1. The normalized spacial score (nSPS) is 19.5. The van der Waals surface area contributed by atoms with Crippen LogP contribution in [0.25, 0.3) is 0 Å². The first-order chi connectivity index (χ1) is 9.24. The van der Waals surface area contributed by atoms with Gasteiger partial charge in [-0.1, -0.05) is 15.9 Å². The highest BCUT2D eigenvalue weighted by Crippen LogP contribution is 2.41. The third-order valence-electron chi connectivity index (χ3n) is 3.04. The van der Waals surface area contributed by atoms with Crippen molar-refractivity contribution in [3.05, 3.63) is 21.1 Å². The van der Waals surface area contributed by atoms with E-state index < -0.39 is 15.3 Å². The zero-order valence-corrected chi connectivity index (χ0v) is 14.5. The molecule has 1 aliphatic rings. The van der Waals surface area contributed by atoms with Crippen LogP contribution in [0.3, 0.4) is 0 Å². The third-order valence-corrected chi connectivity index (χ3v) is 5.34. The highest BCUT2D eigenvalue weighted by molar-refractivity contribution is 9.11. The third kappa shape index (κ3) is 3.00. The molecule has 1 saturated heterocycles. The number of ether oxygens (including phenoxy) is 1. The van der Waals surface area contributed by atoms with Crippen LogP contribution in [0.1, 0.15) is 6.42 Å². The van der Waals surface area contributed by atoms with E-state index in [1.165, 1.54) is 12.0 Å². The van der Waals surface area contributed by atoms with Crippen molar-refractivity contribution >= 4 is 53.5 Å². The van der Waals surface area contributed by atoms with Gasteiger partial charge in [0, 0.05) is 21.9 Å². The van der Waals surface area contributed by atoms with Crippen molar-refractivity contribution in [1.82, 2.24) is 0 Å². The number of nitrogens with zero attached hydrogens (tertiary/aromatic N) is 1. The summed E-state index contributed by atoms with van der Waals surface area (Å²) in [5.41, 5.74) is 0.506. The Kier molecular flexibility index (Phi) is 4.43. The first kappa shape index (κ1) is 15.7. The van der Waals surface area contributed by atoms with Crippen molar-refractivity contribution in [2.75, 3.05) is 18.6 Å². The van der Waals surface area contributed by atoms with Gasteiger partial charge >= 0.3 is 0 Å². The average molecular weight is 428 g/mol. The Balaban J connectivity index is 2.45. The van der Waals surface area contributed by atoms with Crippen LogP contribution in [0, 0.1) is 0 Å². The lowest BCUT2D eigenvalue weighted by molar-refractivity contribution is -0.117. The molecule has 0 radical (unpaired) electrons. The lowest BCUT2D eigenvalue weighted by Gasteiger charge is -2.21. The lowest BCUT2D eigenvalue weighted by atomic mass is 10.2. The van der Waals surface area contributed by atoms with Gasteiger partial charge in [0.25, 0.3) is 0 Å². The SMILES string of the molecule is COc1cc(Br)cc(Br)c1N1CC(S(N)(=O)=O)CC1=O. The van der Waals surface area contributed by atoms with Crippen molar-refractivity contribution in [2.45, 2.75) is 11.7 Å². The molecule has 110 valence electrons. The van der Waals surface area contributed by atoms with Crippen molar-refractivity contribution < 1.29 is 17.9 Å². The lowest BCUT2D eigenvalue weighted by Crippen LogP contribution is -2.32. The summed E-state index contributed by atoms with van der Waals surface area (Å²) in [4.78, 5) is 13.4. The Morgan fingerprint density at radius 3 is 2.55 bits per heavy atom. The molecule has 0 saturated carbocycles. The highest BCUT2D eigenvalue weighted by atomic mass is 79.9. The van der Waals surface area contributed by atoms with Crippen molar-refractivity contribution in [2.24, 2.45) is 5.14 Å². The van der Waals surface area contributed by atoms with E-state index in [4.69, 9.17) is 9.88 Å². The number of hydrogen-bond acceptors (Lipinski definition) is 4. The number of benzene rings is 1. The number of hydrogen-bond donors (Lipinski definition) is 1. The Morgan fingerprint density at radius 2 is 2.05 bits per heavy atom. The van der Waals surface area contributed by atoms with Crippen LogP contribution in [0.2, 0.25) is 0 Å². The van der Waals surface area contributed by atoms with Gasteiger partial charge in [-0.3, -0.25) is 4.79 Å². The fourth-order valence-corrected chi connectivity index (χ4v) is 4.20. The second kappa shape index (κ2) is 5.63. The Labute approximate surface area is 133 Å². The summed E-state index contributed by atoms with van der Waals surface area (Å²) in [6.45, 7) is 0.0221. The van der Waals surface area contributed by atoms with E-state index in [9.17, 15) is 13.2 Å². The number of amides is 1. The molecular weight excluding hydrogens is 416 g/mol. The second-order valence-electron chi connectivity index (χ2n) is 4.36. The van der Waals surface area contributed by atoms with Crippen molar-refractivity contribution in [3.8, 4) is 5.75 Å². The standard InChI is InChI=1S/C11H12Br2N2O4S/c1-19-9-3-6(12)2-8(13)11(9)15-5-7(4-10(15)16)20(14,17)18/h2-3,7H,4-5H2,1H3,(H2,14,17,18). The molecule has 1 heterocycles. The molecule has 1 atom stereocenters. The maximum atomic E-state index is 12.1. The topological polar surface area (TPSA) is 89.7 Å². The number of methoxy groups -OCH3 is 1. The number of halogens is 2. The predicted octanol–water partition coefficient (Wildman–Crippen LogP) is 1.61. The van der Waals surface area contributed by atoms with Gasteiger partial charge in [-0.05, 0) is 28.1 Å². The van der Waals surface area contributed by atoms with Gasteiger partial charge in [0.05, 0.1) is 7.11 Å². The zero-order valence-electron chi connectivity index (χ0n) is 10.5. The molecule has 0 spiro atoms. The van der Waals surface area contributed by atoms with Gasteiger partial charge in [-0.2, -0.15) is 0 Å². The maximum Gasteiger partial charge on any atom is 0.228 e. The van der Waals surface area contributed by atoms with Crippen LogP contribution in [0.15, 0.2) is 21.1 Å². The molecule has 6 nitrogen and oxygen atoms in total. The molecule has 1 aromatic rings. The second-order valence-corrected chi connectivity index (χ2v) is 7.97. The Morgan fingerprint density at radius 1 is 1.40 bits per heavy atom. The van der Waals surface area contributed by atoms with Crippen LogP contribution in [0.5, 0.6) is 5.75 Å². The summed E-state index contributed by atoms with van der Waals surface area (Å²) >= 11 is 6.69. The monoisotopic (exact) mass is 426 g/mol. The fourth-order valence-electron chi connectivity index (χ4n) is 2.07. The van der Waals surface area contributed by atoms with E-state index in [-0.39, 0.29) is 18.9 Å². The molecule has 20 heavy (non-hydrogen) atoms. The minimum absolute atomic E-state index is 0.0221. The summed E-state index contributed by atoms with van der Waals surface area (Å²) in [6.07, 6.45) is -0.121. The van der Waals surface area contributed by atoms with Gasteiger partial charge in [-0.15, -0.1) is 0 Å². The average Bonchev–Trinajstić information content (AvgIpc) is 2.70. The van der Waals surface area contributed by atoms with Gasteiger partial charge < -0.3 is 9.64 Å². The molecule has 1 fully saturated rings. The molecule has 1 aromatic carbocycles. The maximum absolute atomic E-state index is 12.1. The van der Waals surface area contributed by atoms with Crippen LogP contribution in [0.4, 0.5) is 5.69 Å². The minimum atomic E-state index is -3.74. The van der Waals surface area contributed by atoms with Gasteiger partial charge in [0.1, 0.15) is 16.7 Å². The van der Waals surface area contributed by atoms with Crippen LogP contribution < -0.4 is 14.8 Å². The summed E-state index contributed by atoms with van der Waals surface area (Å²) in [5, 5.41) is 4.23. The van der Waals surface area contributed by atoms with E-state index in [0.717, 1.165) is 4.47 Å². The predicted molar refractivity (Wildman–Crippen MR) is 82.3 cm³/mol. The van der Waals surface area contributed by atoms with Crippen molar-refractivity contribution in [1.29, 1.82) is 0 Å². The van der Waals surface area contributed by atoms with Gasteiger partial charge in [0.2, 0.25) is 15.9 Å². The number of rotatable bonds is 3. The van der Waals surface area contributed by atoms with Crippen LogP contribution >= 0.6 is 31.9 Å². The summed E-state index contributed by atoms with van der Waals surface area (Å²) in [6, 6.07) is 3.47. The molecule has 0 bridgehead atoms. The van der Waals surface area contributed by atoms with Crippen LogP contribution in [-0.4, -0.2) is 33.2 Å². The smallest absolute Gasteiger partial charge is 0.228 e. The van der Waals surface area contributed by atoms with E-state index in [1.54, 1.807) is 12.1 Å². The molecule has 1 unspecified atom stereocenters. The molecule has 1 amide bonds. The molecule has 0 aromatic heterocycles. The summed E-state index contributed by atoms with van der Waals surface area (Å²) in [5.74, 6) is 0.167. The number of primary sulfonamides is 1. The van der Waals surface area contributed by atoms with E-state index in [2.05, 4.69) is 31.9 Å². The molecule has 0 aliphatic carbocycles. The minimum Gasteiger partial charge on any atom is -0.494 e. The number of carbonyl (C=O) groups excluding carboxylic acids is 1. The fraction of sp³-hybridized carbons (Fsp3) is 0.364. The molecule has 9 heteroatoms. The Bertz CT molecular complexity index is 663. The van der Waals surface area contributed by atoms with Crippen molar-refractivity contribution in [3.63, 3.8) is 0 Å².